The Morgan fingerprint density at radius 3 is 2.50 bits per heavy atom. The van der Waals surface area contributed by atoms with E-state index in [9.17, 15) is 9.59 Å². The molecule has 0 aliphatic rings. The second-order valence-electron chi connectivity index (χ2n) is 5.09. The molecule has 4 nitrogen and oxygen atoms in total. The lowest BCUT2D eigenvalue weighted by Gasteiger charge is -2.14. The summed E-state index contributed by atoms with van der Waals surface area (Å²) in [6.07, 6.45) is 0. The molecule has 0 aliphatic carbocycles. The lowest BCUT2D eigenvalue weighted by atomic mass is 10.1. The van der Waals surface area contributed by atoms with Gasteiger partial charge >= 0.3 is 0 Å². The maximum Gasteiger partial charge on any atom is 0.269 e. The summed E-state index contributed by atoms with van der Waals surface area (Å²) >= 11 is 13.3. The van der Waals surface area contributed by atoms with Gasteiger partial charge in [0, 0.05) is 15.5 Å². The SMILES string of the molecule is Cc1ccccc1C(=O)NNC(=O)C(C)Sc1cc(Cl)ccc1Cl. The number of amides is 2. The second kappa shape index (κ2) is 8.42. The Morgan fingerprint density at radius 1 is 1.08 bits per heavy atom. The molecule has 0 saturated heterocycles. The molecule has 2 aromatic carbocycles. The molecule has 0 fully saturated rings. The summed E-state index contributed by atoms with van der Waals surface area (Å²) in [5.41, 5.74) is 6.19. The fourth-order valence-electron chi connectivity index (χ4n) is 1.93. The predicted octanol–water partition coefficient (Wildman–Crippen LogP) is 4.24. The van der Waals surface area contributed by atoms with Crippen LogP contribution in [0.1, 0.15) is 22.8 Å². The predicted molar refractivity (Wildman–Crippen MR) is 98.6 cm³/mol. The van der Waals surface area contributed by atoms with E-state index < -0.39 is 5.25 Å². The van der Waals surface area contributed by atoms with E-state index in [-0.39, 0.29) is 11.8 Å². The van der Waals surface area contributed by atoms with Crippen LogP contribution in [0.25, 0.3) is 0 Å². The van der Waals surface area contributed by atoms with Crippen molar-refractivity contribution in [2.45, 2.75) is 24.0 Å². The molecule has 1 atom stereocenters. The van der Waals surface area contributed by atoms with Crippen LogP contribution in [0.3, 0.4) is 0 Å². The molecule has 2 rings (SSSR count). The largest absolute Gasteiger partial charge is 0.272 e. The minimum atomic E-state index is -0.460. The number of hydrogen-bond donors (Lipinski definition) is 2. The van der Waals surface area contributed by atoms with Crippen LogP contribution < -0.4 is 10.9 Å². The zero-order valence-electron chi connectivity index (χ0n) is 13.1. The summed E-state index contributed by atoms with van der Waals surface area (Å²) in [6, 6.07) is 12.2. The van der Waals surface area contributed by atoms with Crippen molar-refractivity contribution in [1.82, 2.24) is 10.9 Å². The number of halogens is 2. The van der Waals surface area contributed by atoms with Crippen LogP contribution in [0.2, 0.25) is 10.0 Å². The van der Waals surface area contributed by atoms with Gasteiger partial charge in [-0.1, -0.05) is 41.4 Å². The minimum Gasteiger partial charge on any atom is -0.272 e. The van der Waals surface area contributed by atoms with E-state index in [0.29, 0.717) is 20.5 Å². The molecule has 2 N–H and O–H groups in total. The van der Waals surface area contributed by atoms with Crippen molar-refractivity contribution in [3.8, 4) is 0 Å². The first-order valence-corrected chi connectivity index (χ1v) is 8.79. The Hall–Kier alpha value is -1.69. The van der Waals surface area contributed by atoms with Crippen LogP contribution in [0.15, 0.2) is 47.4 Å². The van der Waals surface area contributed by atoms with E-state index in [4.69, 9.17) is 23.2 Å². The Bertz CT molecular complexity index is 768. The number of benzene rings is 2. The van der Waals surface area contributed by atoms with E-state index in [1.54, 1.807) is 37.3 Å². The van der Waals surface area contributed by atoms with Crippen molar-refractivity contribution in [3.63, 3.8) is 0 Å². The smallest absolute Gasteiger partial charge is 0.269 e. The van der Waals surface area contributed by atoms with E-state index >= 15 is 0 Å². The van der Waals surface area contributed by atoms with Crippen molar-refractivity contribution >= 4 is 46.8 Å². The molecule has 0 bridgehead atoms. The molecule has 0 saturated carbocycles. The molecule has 126 valence electrons. The zero-order valence-corrected chi connectivity index (χ0v) is 15.4. The molecule has 0 heterocycles. The van der Waals surface area contributed by atoms with Crippen molar-refractivity contribution in [2.24, 2.45) is 0 Å². The number of hydrogen-bond acceptors (Lipinski definition) is 3. The van der Waals surface area contributed by atoms with Gasteiger partial charge in [-0.15, -0.1) is 11.8 Å². The third kappa shape index (κ3) is 4.90. The van der Waals surface area contributed by atoms with E-state index in [2.05, 4.69) is 10.9 Å². The van der Waals surface area contributed by atoms with Gasteiger partial charge < -0.3 is 0 Å². The molecule has 2 amide bonds. The van der Waals surface area contributed by atoms with Gasteiger partial charge in [-0.2, -0.15) is 0 Å². The van der Waals surface area contributed by atoms with Crippen LogP contribution in [0.5, 0.6) is 0 Å². The number of nitrogens with one attached hydrogen (secondary N) is 2. The molecule has 24 heavy (non-hydrogen) atoms. The molecular weight excluding hydrogens is 367 g/mol. The fourth-order valence-corrected chi connectivity index (χ4v) is 3.34. The van der Waals surface area contributed by atoms with Crippen molar-refractivity contribution < 1.29 is 9.59 Å². The summed E-state index contributed by atoms with van der Waals surface area (Å²) in [4.78, 5) is 24.9. The maximum atomic E-state index is 12.1. The molecule has 0 spiro atoms. The maximum absolute atomic E-state index is 12.1. The van der Waals surface area contributed by atoms with E-state index in [1.165, 1.54) is 11.8 Å². The first kappa shape index (κ1) is 18.6. The molecule has 0 aromatic heterocycles. The van der Waals surface area contributed by atoms with Gasteiger partial charge in [-0.05, 0) is 43.7 Å². The number of rotatable bonds is 4. The Morgan fingerprint density at radius 2 is 1.79 bits per heavy atom. The van der Waals surface area contributed by atoms with Gasteiger partial charge in [-0.25, -0.2) is 0 Å². The van der Waals surface area contributed by atoms with Crippen molar-refractivity contribution in [1.29, 1.82) is 0 Å². The van der Waals surface area contributed by atoms with Gasteiger partial charge in [-0.3, -0.25) is 20.4 Å². The van der Waals surface area contributed by atoms with Crippen molar-refractivity contribution in [2.75, 3.05) is 0 Å². The standard InChI is InChI=1S/C17H16Cl2N2O2S/c1-10-5-3-4-6-13(10)17(23)21-20-16(22)11(2)24-15-9-12(18)7-8-14(15)19/h3-9,11H,1-2H3,(H,20,22)(H,21,23). The summed E-state index contributed by atoms with van der Waals surface area (Å²) in [7, 11) is 0. The lowest BCUT2D eigenvalue weighted by molar-refractivity contribution is -0.121. The summed E-state index contributed by atoms with van der Waals surface area (Å²) in [6.45, 7) is 3.55. The number of aryl methyl sites for hydroxylation is 1. The lowest BCUT2D eigenvalue weighted by Crippen LogP contribution is -2.45. The number of carbonyl (C=O) groups excluding carboxylic acids is 2. The summed E-state index contributed by atoms with van der Waals surface area (Å²) in [5.74, 6) is -0.697. The average molecular weight is 383 g/mol. The van der Waals surface area contributed by atoms with E-state index in [0.717, 1.165) is 5.56 Å². The Balaban J connectivity index is 1.93. The fraction of sp³-hybridized carbons (Fsp3) is 0.176. The summed E-state index contributed by atoms with van der Waals surface area (Å²) < 4.78 is 0. The number of carbonyl (C=O) groups is 2. The van der Waals surface area contributed by atoms with Crippen molar-refractivity contribution in [3.05, 3.63) is 63.6 Å². The van der Waals surface area contributed by atoms with E-state index in [1.807, 2.05) is 19.1 Å². The molecule has 1 unspecified atom stereocenters. The highest BCUT2D eigenvalue weighted by Crippen LogP contribution is 2.32. The quantitative estimate of drug-likeness (QED) is 0.613. The zero-order chi connectivity index (χ0) is 17.7. The molecule has 0 radical (unpaired) electrons. The van der Waals surface area contributed by atoms with Crippen LogP contribution in [-0.2, 0) is 4.79 Å². The molecule has 7 heteroatoms. The Kier molecular flexibility index (Phi) is 6.54. The first-order valence-electron chi connectivity index (χ1n) is 7.16. The molecule has 2 aromatic rings. The third-order valence-corrected chi connectivity index (χ3v) is 5.09. The highest BCUT2D eigenvalue weighted by Gasteiger charge is 2.17. The molecule has 0 aliphatic heterocycles. The number of hydrazine groups is 1. The summed E-state index contributed by atoms with van der Waals surface area (Å²) in [5, 5.41) is 0.605. The highest BCUT2D eigenvalue weighted by molar-refractivity contribution is 8.00. The molecular formula is C17H16Cl2N2O2S. The Labute approximate surface area is 154 Å². The van der Waals surface area contributed by atoms with Crippen LogP contribution in [0.4, 0.5) is 0 Å². The first-order chi connectivity index (χ1) is 11.4. The van der Waals surface area contributed by atoms with Gasteiger partial charge in [0.2, 0.25) is 0 Å². The average Bonchev–Trinajstić information content (AvgIpc) is 2.56. The van der Waals surface area contributed by atoms with Crippen LogP contribution in [0, 0.1) is 6.92 Å². The van der Waals surface area contributed by atoms with Crippen LogP contribution >= 0.6 is 35.0 Å². The number of thioether (sulfide) groups is 1. The van der Waals surface area contributed by atoms with Gasteiger partial charge in [0.1, 0.15) is 0 Å². The highest BCUT2D eigenvalue weighted by atomic mass is 35.5. The third-order valence-electron chi connectivity index (χ3n) is 3.26. The monoisotopic (exact) mass is 382 g/mol. The van der Waals surface area contributed by atoms with Crippen LogP contribution in [-0.4, -0.2) is 17.1 Å². The topological polar surface area (TPSA) is 58.2 Å². The second-order valence-corrected chi connectivity index (χ2v) is 7.32. The van der Waals surface area contributed by atoms with Gasteiger partial charge in [0.25, 0.3) is 11.8 Å². The normalized spacial score (nSPS) is 11.7. The van der Waals surface area contributed by atoms with Gasteiger partial charge in [0.15, 0.2) is 0 Å². The minimum absolute atomic E-state index is 0.335. The van der Waals surface area contributed by atoms with Gasteiger partial charge in [0.05, 0.1) is 10.3 Å².